The fourth-order valence-corrected chi connectivity index (χ4v) is 2.62. The summed E-state index contributed by atoms with van der Waals surface area (Å²) in [6.07, 6.45) is 0.776. The van der Waals surface area contributed by atoms with Crippen molar-refractivity contribution in [1.29, 1.82) is 0 Å². The minimum absolute atomic E-state index is 0.0782. The third-order valence-electron chi connectivity index (χ3n) is 3.78. The molecule has 0 amide bonds. The number of Topliss-reactive ketones (excluding diaryl/α,β-unsaturated/α-hetero) is 1. The SMILES string of the molecule is CC(=O)c1ccc2c(c1)C(C=O)NC(c1ccccc1)=C2O. The third-order valence-corrected chi connectivity index (χ3v) is 3.78. The fourth-order valence-electron chi connectivity index (χ4n) is 2.62. The molecule has 4 heteroatoms. The highest BCUT2D eigenvalue weighted by atomic mass is 16.3. The quantitative estimate of drug-likeness (QED) is 0.674. The Labute approximate surface area is 128 Å². The van der Waals surface area contributed by atoms with Crippen LogP contribution in [-0.2, 0) is 4.79 Å². The summed E-state index contributed by atoms with van der Waals surface area (Å²) in [5, 5.41) is 13.6. The highest BCUT2D eigenvalue weighted by molar-refractivity contribution is 5.97. The topological polar surface area (TPSA) is 66.4 Å². The van der Waals surface area contributed by atoms with Crippen molar-refractivity contribution in [1.82, 2.24) is 5.32 Å². The Hall–Kier alpha value is -2.88. The standard InChI is InChI=1S/C18H15NO3/c1-11(21)13-7-8-14-15(9-13)16(10-20)19-17(18(14)22)12-5-3-2-4-6-12/h2-10,16,19,22H,1H3. The molecule has 1 aliphatic heterocycles. The van der Waals surface area contributed by atoms with Gasteiger partial charge in [-0.05, 0) is 18.6 Å². The van der Waals surface area contributed by atoms with E-state index in [1.54, 1.807) is 18.2 Å². The predicted molar refractivity (Wildman–Crippen MR) is 84.3 cm³/mol. The number of hydrogen-bond donors (Lipinski definition) is 2. The van der Waals surface area contributed by atoms with Gasteiger partial charge >= 0.3 is 0 Å². The smallest absolute Gasteiger partial charge is 0.159 e. The number of fused-ring (bicyclic) bond motifs is 1. The first-order chi connectivity index (χ1) is 10.6. The van der Waals surface area contributed by atoms with Crippen LogP contribution in [0.3, 0.4) is 0 Å². The molecule has 0 bridgehead atoms. The summed E-state index contributed by atoms with van der Waals surface area (Å²) in [5.74, 6) is -0.000762. The highest BCUT2D eigenvalue weighted by Crippen LogP contribution is 2.34. The number of hydrogen-bond acceptors (Lipinski definition) is 4. The highest BCUT2D eigenvalue weighted by Gasteiger charge is 2.27. The number of ketones is 1. The largest absolute Gasteiger partial charge is 0.505 e. The Kier molecular flexibility index (Phi) is 3.51. The van der Waals surface area contributed by atoms with Crippen molar-refractivity contribution in [2.45, 2.75) is 13.0 Å². The maximum atomic E-state index is 11.5. The van der Waals surface area contributed by atoms with Crippen LogP contribution in [-0.4, -0.2) is 17.2 Å². The summed E-state index contributed by atoms with van der Waals surface area (Å²) in [7, 11) is 0. The molecule has 1 heterocycles. The summed E-state index contributed by atoms with van der Waals surface area (Å²) in [4.78, 5) is 22.9. The molecule has 2 aromatic carbocycles. The van der Waals surface area contributed by atoms with E-state index in [1.807, 2.05) is 30.3 Å². The molecule has 0 fully saturated rings. The number of benzene rings is 2. The Morgan fingerprint density at radius 3 is 2.55 bits per heavy atom. The van der Waals surface area contributed by atoms with Gasteiger partial charge < -0.3 is 15.2 Å². The summed E-state index contributed by atoms with van der Waals surface area (Å²) >= 11 is 0. The molecule has 0 spiro atoms. The molecule has 3 rings (SSSR count). The normalized spacial score (nSPS) is 16.7. The van der Waals surface area contributed by atoms with E-state index in [4.69, 9.17) is 0 Å². The molecular weight excluding hydrogens is 278 g/mol. The molecule has 2 aromatic rings. The molecule has 1 unspecified atom stereocenters. The van der Waals surface area contributed by atoms with Crippen LogP contribution < -0.4 is 5.32 Å². The average Bonchev–Trinajstić information content (AvgIpc) is 2.55. The minimum atomic E-state index is -0.597. The lowest BCUT2D eigenvalue weighted by Gasteiger charge is -2.27. The van der Waals surface area contributed by atoms with Crippen molar-refractivity contribution in [2.24, 2.45) is 0 Å². The van der Waals surface area contributed by atoms with Gasteiger partial charge in [0.1, 0.15) is 18.1 Å². The summed E-state index contributed by atoms with van der Waals surface area (Å²) < 4.78 is 0. The van der Waals surface area contributed by atoms with E-state index < -0.39 is 6.04 Å². The van der Waals surface area contributed by atoms with E-state index in [1.165, 1.54) is 6.92 Å². The Balaban J connectivity index is 2.18. The molecule has 0 radical (unpaired) electrons. The predicted octanol–water partition coefficient (Wildman–Crippen LogP) is 3.12. The van der Waals surface area contributed by atoms with Gasteiger partial charge in [0.05, 0.1) is 5.70 Å². The van der Waals surface area contributed by atoms with Gasteiger partial charge in [0.2, 0.25) is 0 Å². The number of carbonyl (C=O) groups excluding carboxylic acids is 2. The number of aliphatic hydroxyl groups excluding tert-OH is 1. The Morgan fingerprint density at radius 1 is 1.18 bits per heavy atom. The second kappa shape index (κ2) is 5.48. The van der Waals surface area contributed by atoms with Gasteiger partial charge in [-0.25, -0.2) is 0 Å². The van der Waals surface area contributed by atoms with Gasteiger partial charge in [-0.3, -0.25) is 4.79 Å². The summed E-state index contributed by atoms with van der Waals surface area (Å²) in [6.45, 7) is 1.47. The van der Waals surface area contributed by atoms with Crippen LogP contribution in [0.5, 0.6) is 0 Å². The number of nitrogens with one attached hydrogen (secondary N) is 1. The summed E-state index contributed by atoms with van der Waals surface area (Å²) in [5.41, 5.74) is 3.01. The fraction of sp³-hybridized carbons (Fsp3) is 0.111. The average molecular weight is 293 g/mol. The molecule has 0 aliphatic carbocycles. The molecule has 2 N–H and O–H groups in total. The van der Waals surface area contributed by atoms with Gasteiger partial charge in [0, 0.05) is 16.7 Å². The van der Waals surface area contributed by atoms with Crippen molar-refractivity contribution in [3.05, 3.63) is 70.8 Å². The van der Waals surface area contributed by atoms with E-state index in [2.05, 4.69) is 5.32 Å². The van der Waals surface area contributed by atoms with Crippen molar-refractivity contribution >= 4 is 23.5 Å². The number of aliphatic hydroxyl groups is 1. The van der Waals surface area contributed by atoms with E-state index in [9.17, 15) is 14.7 Å². The molecule has 22 heavy (non-hydrogen) atoms. The first-order valence-electron chi connectivity index (χ1n) is 6.97. The van der Waals surface area contributed by atoms with Crippen LogP contribution in [0.4, 0.5) is 0 Å². The van der Waals surface area contributed by atoms with Crippen molar-refractivity contribution in [2.75, 3.05) is 0 Å². The first-order valence-corrected chi connectivity index (χ1v) is 6.97. The van der Waals surface area contributed by atoms with Crippen LogP contribution >= 0.6 is 0 Å². The number of rotatable bonds is 3. The molecule has 4 nitrogen and oxygen atoms in total. The molecule has 1 atom stereocenters. The van der Waals surface area contributed by atoms with Crippen LogP contribution in [0.2, 0.25) is 0 Å². The molecular formula is C18H15NO3. The van der Waals surface area contributed by atoms with Crippen LogP contribution in [0.15, 0.2) is 48.5 Å². The maximum absolute atomic E-state index is 11.5. The lowest BCUT2D eigenvalue weighted by Crippen LogP contribution is -2.27. The molecule has 0 saturated heterocycles. The van der Waals surface area contributed by atoms with Gasteiger partial charge in [0.25, 0.3) is 0 Å². The van der Waals surface area contributed by atoms with Crippen molar-refractivity contribution in [3.8, 4) is 0 Å². The van der Waals surface area contributed by atoms with Gasteiger partial charge in [0.15, 0.2) is 5.78 Å². The maximum Gasteiger partial charge on any atom is 0.159 e. The lowest BCUT2D eigenvalue weighted by molar-refractivity contribution is -0.109. The number of carbonyl (C=O) groups is 2. The van der Waals surface area contributed by atoms with Gasteiger partial charge in [-0.15, -0.1) is 0 Å². The van der Waals surface area contributed by atoms with E-state index in [0.717, 1.165) is 11.8 Å². The lowest BCUT2D eigenvalue weighted by atomic mass is 9.91. The molecule has 110 valence electrons. The van der Waals surface area contributed by atoms with Crippen LogP contribution in [0, 0.1) is 0 Å². The zero-order chi connectivity index (χ0) is 15.7. The molecule has 0 aromatic heterocycles. The number of aldehydes is 1. The molecule has 1 aliphatic rings. The van der Waals surface area contributed by atoms with Crippen molar-refractivity contribution in [3.63, 3.8) is 0 Å². The van der Waals surface area contributed by atoms with E-state index in [-0.39, 0.29) is 11.5 Å². The Morgan fingerprint density at radius 2 is 1.91 bits per heavy atom. The van der Waals surface area contributed by atoms with E-state index >= 15 is 0 Å². The third kappa shape index (κ3) is 2.29. The zero-order valence-electron chi connectivity index (χ0n) is 12.0. The van der Waals surface area contributed by atoms with Crippen LogP contribution in [0.1, 0.15) is 40.0 Å². The summed E-state index contributed by atoms with van der Waals surface area (Å²) in [6, 6.07) is 13.7. The molecule has 0 saturated carbocycles. The van der Waals surface area contributed by atoms with Gasteiger partial charge in [-0.2, -0.15) is 0 Å². The second-order valence-corrected chi connectivity index (χ2v) is 5.21. The monoisotopic (exact) mass is 293 g/mol. The zero-order valence-corrected chi connectivity index (χ0v) is 12.0. The second-order valence-electron chi connectivity index (χ2n) is 5.21. The van der Waals surface area contributed by atoms with Crippen molar-refractivity contribution < 1.29 is 14.7 Å². The first kappa shape index (κ1) is 14.1. The van der Waals surface area contributed by atoms with Crippen LogP contribution in [0.25, 0.3) is 11.5 Å². The van der Waals surface area contributed by atoms with Gasteiger partial charge in [-0.1, -0.05) is 42.5 Å². The van der Waals surface area contributed by atoms with E-state index in [0.29, 0.717) is 22.4 Å². The minimum Gasteiger partial charge on any atom is -0.505 e. The Bertz CT molecular complexity index is 778.